The van der Waals surface area contributed by atoms with E-state index in [9.17, 15) is 13.6 Å². The van der Waals surface area contributed by atoms with E-state index >= 15 is 0 Å². The minimum Gasteiger partial charge on any atom is -0.479 e. The molecule has 0 unspecified atom stereocenters. The number of pyridine rings is 2. The van der Waals surface area contributed by atoms with E-state index in [-0.39, 0.29) is 40.9 Å². The van der Waals surface area contributed by atoms with Crippen LogP contribution >= 0.6 is 0 Å². The maximum absolute atomic E-state index is 14.6. The maximum atomic E-state index is 14.6. The number of nitrogens with zero attached hydrogens (tertiary/aromatic N) is 2. The van der Waals surface area contributed by atoms with Gasteiger partial charge in [-0.25, -0.2) is 18.7 Å². The molecule has 2 heterocycles. The summed E-state index contributed by atoms with van der Waals surface area (Å²) in [5.74, 6) is -2.26. The van der Waals surface area contributed by atoms with Gasteiger partial charge in [0, 0.05) is 18.2 Å². The fourth-order valence-corrected chi connectivity index (χ4v) is 3.29. The number of rotatable bonds is 8. The summed E-state index contributed by atoms with van der Waals surface area (Å²) in [7, 11) is 1.29. The fraction of sp³-hybridized carbons (Fsp3) is 0.421. The summed E-state index contributed by atoms with van der Waals surface area (Å²) in [6.45, 7) is 1.84. The quantitative estimate of drug-likeness (QED) is 0.530. The number of hydrogen-bond acceptors (Lipinski definition) is 7. The summed E-state index contributed by atoms with van der Waals surface area (Å²) >= 11 is 0. The van der Waals surface area contributed by atoms with Gasteiger partial charge in [0.2, 0.25) is 5.88 Å². The van der Waals surface area contributed by atoms with Crippen molar-refractivity contribution in [3.05, 3.63) is 35.5 Å². The van der Waals surface area contributed by atoms with Gasteiger partial charge in [-0.1, -0.05) is 6.42 Å². The molecule has 1 saturated carbocycles. The van der Waals surface area contributed by atoms with Crippen LogP contribution in [0, 0.1) is 17.6 Å². The number of methoxy groups -OCH3 is 1. The predicted molar refractivity (Wildman–Crippen MR) is 105 cm³/mol. The van der Waals surface area contributed by atoms with Crippen molar-refractivity contribution in [3.63, 3.8) is 0 Å². The molecule has 2 aromatic rings. The van der Waals surface area contributed by atoms with Crippen LogP contribution < -0.4 is 26.8 Å². The molecule has 1 fully saturated rings. The van der Waals surface area contributed by atoms with Crippen molar-refractivity contribution in [2.75, 3.05) is 17.7 Å². The number of anilines is 3. The first kappa shape index (κ1) is 20.7. The van der Waals surface area contributed by atoms with E-state index in [2.05, 4.69) is 20.6 Å². The van der Waals surface area contributed by atoms with Crippen LogP contribution in [0.2, 0.25) is 0 Å². The first-order valence-corrected chi connectivity index (χ1v) is 9.29. The Hall–Kier alpha value is -3.01. The van der Waals surface area contributed by atoms with Crippen LogP contribution in [0.3, 0.4) is 0 Å². The average Bonchev–Trinajstić information content (AvgIpc) is 2.61. The normalized spacial score (nSPS) is 15.9. The number of carbonyl (C=O) groups is 1. The first-order valence-electron chi connectivity index (χ1n) is 9.29. The Morgan fingerprint density at radius 1 is 1.28 bits per heavy atom. The van der Waals surface area contributed by atoms with Gasteiger partial charge in [-0.2, -0.15) is 0 Å². The van der Waals surface area contributed by atoms with Gasteiger partial charge in [0.15, 0.2) is 17.5 Å². The van der Waals surface area contributed by atoms with Crippen LogP contribution in [0.4, 0.5) is 26.1 Å². The number of halogens is 2. The fourth-order valence-electron chi connectivity index (χ4n) is 3.29. The predicted octanol–water partition coefficient (Wildman–Crippen LogP) is 2.53. The van der Waals surface area contributed by atoms with Gasteiger partial charge in [0.05, 0.1) is 24.6 Å². The third-order valence-electron chi connectivity index (χ3n) is 5.03. The third kappa shape index (κ3) is 4.53. The van der Waals surface area contributed by atoms with Crippen molar-refractivity contribution >= 4 is 23.2 Å². The Balaban J connectivity index is 1.93. The molecule has 0 saturated heterocycles. The van der Waals surface area contributed by atoms with Crippen LogP contribution in [0.25, 0.3) is 0 Å². The lowest BCUT2D eigenvalue weighted by molar-refractivity contribution is 0.100. The molecule has 29 heavy (non-hydrogen) atoms. The van der Waals surface area contributed by atoms with Crippen LogP contribution in [0.1, 0.15) is 36.5 Å². The summed E-state index contributed by atoms with van der Waals surface area (Å²) in [5.41, 5.74) is 11.4. The molecule has 1 aliphatic rings. The van der Waals surface area contributed by atoms with Crippen molar-refractivity contribution < 1.29 is 18.3 Å². The molecular weight excluding hydrogens is 382 g/mol. The first-order chi connectivity index (χ1) is 13.8. The van der Waals surface area contributed by atoms with E-state index < -0.39 is 17.5 Å². The molecule has 156 valence electrons. The van der Waals surface area contributed by atoms with E-state index in [1.54, 1.807) is 0 Å². The maximum Gasteiger partial charge on any atom is 0.252 e. The number of nitrogens with two attached hydrogens (primary N) is 2. The highest BCUT2D eigenvalue weighted by molar-refractivity contribution is 5.98. The third-order valence-corrected chi connectivity index (χ3v) is 5.03. The Bertz CT molecular complexity index is 905. The second-order valence-corrected chi connectivity index (χ2v) is 7.14. The van der Waals surface area contributed by atoms with Gasteiger partial charge < -0.3 is 26.8 Å². The van der Waals surface area contributed by atoms with Crippen molar-refractivity contribution in [1.82, 2.24) is 9.97 Å². The smallest absolute Gasteiger partial charge is 0.252 e. The number of carbonyl (C=O) groups excluding carboxylic acids is 1. The Kier molecular flexibility index (Phi) is 6.12. The zero-order valence-electron chi connectivity index (χ0n) is 16.2. The van der Waals surface area contributed by atoms with Crippen LogP contribution in [-0.2, 0) is 0 Å². The average molecular weight is 406 g/mol. The molecule has 0 aliphatic heterocycles. The molecule has 0 aromatic carbocycles. The summed E-state index contributed by atoms with van der Waals surface area (Å²) in [4.78, 5) is 19.8. The molecule has 0 spiro atoms. The molecule has 0 bridgehead atoms. The molecule has 10 heteroatoms. The van der Waals surface area contributed by atoms with Gasteiger partial charge in [-0.3, -0.25) is 4.79 Å². The van der Waals surface area contributed by atoms with Gasteiger partial charge in [-0.05, 0) is 31.7 Å². The van der Waals surface area contributed by atoms with Crippen LogP contribution in [0.15, 0.2) is 18.3 Å². The summed E-state index contributed by atoms with van der Waals surface area (Å²) in [6.07, 6.45) is 4.41. The lowest BCUT2D eigenvalue weighted by Gasteiger charge is -2.37. The molecule has 1 aliphatic carbocycles. The molecule has 3 rings (SSSR count). The number of hydrogen-bond donors (Lipinski definition) is 4. The molecule has 2 aromatic heterocycles. The van der Waals surface area contributed by atoms with Crippen molar-refractivity contribution in [1.29, 1.82) is 0 Å². The Morgan fingerprint density at radius 3 is 2.52 bits per heavy atom. The lowest BCUT2D eigenvalue weighted by Crippen LogP contribution is -2.46. The number of ether oxygens (including phenoxy) is 1. The van der Waals surface area contributed by atoms with E-state index in [0.29, 0.717) is 5.92 Å². The second-order valence-electron chi connectivity index (χ2n) is 7.14. The van der Waals surface area contributed by atoms with E-state index in [1.165, 1.54) is 13.3 Å². The monoisotopic (exact) mass is 406 g/mol. The minimum atomic E-state index is -0.880. The molecule has 8 nitrogen and oxygen atoms in total. The van der Waals surface area contributed by atoms with E-state index in [4.69, 9.17) is 16.2 Å². The highest BCUT2D eigenvalue weighted by Crippen LogP contribution is 2.33. The lowest BCUT2D eigenvalue weighted by atomic mass is 9.77. The highest BCUT2D eigenvalue weighted by atomic mass is 19.1. The van der Waals surface area contributed by atoms with E-state index in [0.717, 1.165) is 31.4 Å². The second kappa shape index (κ2) is 8.56. The van der Waals surface area contributed by atoms with Crippen molar-refractivity contribution in [2.45, 2.75) is 38.3 Å². The number of nitrogens with one attached hydrogen (secondary N) is 2. The highest BCUT2D eigenvalue weighted by Gasteiger charge is 2.31. The Labute approximate surface area is 167 Å². The van der Waals surface area contributed by atoms with Gasteiger partial charge >= 0.3 is 0 Å². The topological polar surface area (TPSA) is 128 Å². The molecule has 1 amide bonds. The molecular formula is C19H24F2N6O2. The van der Waals surface area contributed by atoms with Crippen molar-refractivity contribution in [3.8, 4) is 5.88 Å². The van der Waals surface area contributed by atoms with Gasteiger partial charge in [-0.15, -0.1) is 0 Å². The standard InChI is InChI=1S/C19H24F2N6O2/c1-9(22)15(10-4-3-5-10)26-18-13(20)7-12(16(23)28)17(27-18)25-11-6-14(21)19(29-2)24-8-11/h6-10,15H,3-5,22H2,1-2H3,(H2,23,28)(H2,25,26,27)/t9-,15-/m0/s1. The van der Waals surface area contributed by atoms with Crippen LogP contribution in [0.5, 0.6) is 5.88 Å². The zero-order valence-corrected chi connectivity index (χ0v) is 16.2. The van der Waals surface area contributed by atoms with Gasteiger partial charge in [0.25, 0.3) is 5.91 Å². The number of amides is 1. The largest absolute Gasteiger partial charge is 0.479 e. The Morgan fingerprint density at radius 2 is 2.00 bits per heavy atom. The minimum absolute atomic E-state index is 0.0233. The number of primary amides is 1. The summed E-state index contributed by atoms with van der Waals surface area (Å²) in [5, 5.41) is 5.82. The van der Waals surface area contributed by atoms with Crippen molar-refractivity contribution in [2.24, 2.45) is 17.4 Å². The molecule has 6 N–H and O–H groups in total. The molecule has 0 radical (unpaired) electrons. The summed E-state index contributed by atoms with van der Waals surface area (Å²) < 4.78 is 33.3. The summed E-state index contributed by atoms with van der Waals surface area (Å²) in [6, 6.07) is 1.71. The van der Waals surface area contributed by atoms with Gasteiger partial charge in [0.1, 0.15) is 5.82 Å². The molecule has 2 atom stereocenters. The SMILES string of the molecule is COc1ncc(Nc2nc(N[C@H](C3CCC3)[C@H](C)N)c(F)cc2C(N)=O)cc1F. The number of aromatic nitrogens is 2. The van der Waals surface area contributed by atoms with E-state index in [1.807, 2.05) is 6.92 Å². The zero-order chi connectivity index (χ0) is 21.1. The van der Waals surface area contributed by atoms with Crippen LogP contribution in [-0.4, -0.2) is 35.1 Å².